The van der Waals surface area contributed by atoms with Gasteiger partial charge in [-0.1, -0.05) is 20.8 Å². The summed E-state index contributed by atoms with van der Waals surface area (Å²) >= 11 is 0. The minimum Gasteiger partial charge on any atom is -0.411 e. The van der Waals surface area contributed by atoms with Gasteiger partial charge < -0.3 is 9.53 Å². The van der Waals surface area contributed by atoms with E-state index in [9.17, 15) is 5.11 Å². The smallest absolute Gasteiger partial charge is 0.192 e. The van der Waals surface area contributed by atoms with Crippen LogP contribution in [0.25, 0.3) is 0 Å². The van der Waals surface area contributed by atoms with Crippen LogP contribution in [0.5, 0.6) is 0 Å². The van der Waals surface area contributed by atoms with Gasteiger partial charge in [0.1, 0.15) is 0 Å². The zero-order valence-electron chi connectivity index (χ0n) is 10.6. The van der Waals surface area contributed by atoms with Crippen LogP contribution < -0.4 is 0 Å². The van der Waals surface area contributed by atoms with Crippen molar-refractivity contribution < 1.29 is 9.53 Å². The van der Waals surface area contributed by atoms with E-state index >= 15 is 0 Å². The van der Waals surface area contributed by atoms with Gasteiger partial charge in [0.15, 0.2) is 8.32 Å². The Morgan fingerprint density at radius 2 is 1.80 bits per heavy atom. The standard InChI is InChI=1S/C12H24O2Si/c1-12(2,3)15(4,5)14-10-7-8-6-9(8)11(10)13/h8-11,13H,6-7H2,1-5H3/t8-,9-,10-,11+/m1/s1. The molecule has 0 aromatic heterocycles. The van der Waals surface area contributed by atoms with Crippen LogP contribution in [0.3, 0.4) is 0 Å². The van der Waals surface area contributed by atoms with Gasteiger partial charge in [0, 0.05) is 0 Å². The minimum atomic E-state index is -1.68. The van der Waals surface area contributed by atoms with E-state index in [0.717, 1.165) is 12.3 Å². The van der Waals surface area contributed by atoms with Gasteiger partial charge in [0.25, 0.3) is 0 Å². The summed E-state index contributed by atoms with van der Waals surface area (Å²) in [7, 11) is -1.68. The summed E-state index contributed by atoms with van der Waals surface area (Å²) in [6, 6.07) is 0. The molecule has 0 radical (unpaired) electrons. The molecule has 2 aliphatic rings. The Balaban J connectivity index is 1.97. The zero-order chi connectivity index (χ0) is 11.4. The van der Waals surface area contributed by atoms with Gasteiger partial charge in [-0.25, -0.2) is 0 Å². The Morgan fingerprint density at radius 1 is 1.20 bits per heavy atom. The van der Waals surface area contributed by atoms with Gasteiger partial charge in [-0.05, 0) is 42.8 Å². The van der Waals surface area contributed by atoms with Crippen molar-refractivity contribution in [3.05, 3.63) is 0 Å². The molecule has 1 N–H and O–H groups in total. The lowest BCUT2D eigenvalue weighted by atomic mass is 10.2. The molecule has 15 heavy (non-hydrogen) atoms. The molecule has 2 aliphatic carbocycles. The Labute approximate surface area is 94.2 Å². The molecule has 2 fully saturated rings. The highest BCUT2D eigenvalue weighted by Crippen LogP contribution is 2.54. The Morgan fingerprint density at radius 3 is 2.20 bits per heavy atom. The van der Waals surface area contributed by atoms with E-state index in [4.69, 9.17) is 4.43 Å². The molecule has 0 aromatic rings. The van der Waals surface area contributed by atoms with E-state index in [-0.39, 0.29) is 17.2 Å². The average Bonchev–Trinajstić information content (AvgIpc) is 2.73. The summed E-state index contributed by atoms with van der Waals surface area (Å²) in [6.07, 6.45) is 2.29. The monoisotopic (exact) mass is 228 g/mol. The fourth-order valence-corrected chi connectivity index (χ4v) is 3.69. The van der Waals surface area contributed by atoms with E-state index in [1.807, 2.05) is 0 Å². The molecule has 0 unspecified atom stereocenters. The molecule has 2 rings (SSSR count). The lowest BCUT2D eigenvalue weighted by Gasteiger charge is -2.39. The van der Waals surface area contributed by atoms with Crippen LogP contribution in [0.15, 0.2) is 0 Å². The first-order chi connectivity index (χ1) is 6.72. The second-order valence-electron chi connectivity index (χ2n) is 6.80. The van der Waals surface area contributed by atoms with E-state index in [2.05, 4.69) is 33.9 Å². The van der Waals surface area contributed by atoms with E-state index in [0.29, 0.717) is 5.92 Å². The molecule has 4 atom stereocenters. The maximum atomic E-state index is 10.0. The number of hydrogen-bond donors (Lipinski definition) is 1. The highest BCUT2D eigenvalue weighted by molar-refractivity contribution is 6.74. The van der Waals surface area contributed by atoms with Crippen LogP contribution in [0.1, 0.15) is 33.6 Å². The molecule has 0 spiro atoms. The summed E-state index contributed by atoms with van der Waals surface area (Å²) in [6.45, 7) is 11.3. The van der Waals surface area contributed by atoms with Crippen LogP contribution in [-0.2, 0) is 4.43 Å². The lowest BCUT2D eigenvalue weighted by Crippen LogP contribution is -2.46. The third-order valence-corrected chi connectivity index (χ3v) is 9.09. The summed E-state index contributed by atoms with van der Waals surface area (Å²) < 4.78 is 6.27. The lowest BCUT2D eigenvalue weighted by molar-refractivity contribution is 0.0326. The molecule has 2 saturated carbocycles. The van der Waals surface area contributed by atoms with Crippen molar-refractivity contribution in [1.29, 1.82) is 0 Å². The summed E-state index contributed by atoms with van der Waals surface area (Å²) in [5, 5.41) is 10.3. The molecular weight excluding hydrogens is 204 g/mol. The predicted molar refractivity (Wildman–Crippen MR) is 64.3 cm³/mol. The molecule has 0 saturated heterocycles. The van der Waals surface area contributed by atoms with E-state index < -0.39 is 8.32 Å². The predicted octanol–water partition coefficient (Wildman–Crippen LogP) is 2.78. The van der Waals surface area contributed by atoms with Crippen LogP contribution in [0.4, 0.5) is 0 Å². The van der Waals surface area contributed by atoms with Crippen molar-refractivity contribution in [2.45, 2.75) is 64.0 Å². The van der Waals surface area contributed by atoms with Crippen molar-refractivity contribution in [3.8, 4) is 0 Å². The number of aliphatic hydroxyl groups excluding tert-OH is 1. The quantitative estimate of drug-likeness (QED) is 0.736. The molecule has 0 aliphatic heterocycles. The third kappa shape index (κ3) is 2.02. The highest BCUT2D eigenvalue weighted by Gasteiger charge is 2.55. The second-order valence-corrected chi connectivity index (χ2v) is 11.6. The van der Waals surface area contributed by atoms with Crippen LogP contribution in [-0.4, -0.2) is 25.6 Å². The zero-order valence-corrected chi connectivity index (χ0v) is 11.6. The molecule has 0 amide bonds. The summed E-state index contributed by atoms with van der Waals surface area (Å²) in [5.41, 5.74) is 0. The Hall–Kier alpha value is 0.137. The Bertz CT molecular complexity index is 257. The van der Waals surface area contributed by atoms with Crippen molar-refractivity contribution in [1.82, 2.24) is 0 Å². The topological polar surface area (TPSA) is 29.5 Å². The molecule has 88 valence electrons. The first kappa shape index (κ1) is 11.6. The largest absolute Gasteiger partial charge is 0.411 e. The van der Waals surface area contributed by atoms with Crippen LogP contribution in [0.2, 0.25) is 18.1 Å². The number of aliphatic hydroxyl groups is 1. The normalized spacial score (nSPS) is 40.4. The Kier molecular flexibility index (Phi) is 2.57. The number of fused-ring (bicyclic) bond motifs is 1. The maximum absolute atomic E-state index is 10.0. The van der Waals surface area contributed by atoms with Crippen molar-refractivity contribution in [2.24, 2.45) is 11.8 Å². The van der Waals surface area contributed by atoms with Gasteiger partial charge in [0.2, 0.25) is 0 Å². The third-order valence-electron chi connectivity index (χ3n) is 4.58. The molecule has 3 heteroatoms. The summed E-state index contributed by atoms with van der Waals surface area (Å²) in [5.74, 6) is 1.34. The van der Waals surface area contributed by atoms with Crippen LogP contribution in [0, 0.1) is 11.8 Å². The van der Waals surface area contributed by atoms with E-state index in [1.165, 1.54) is 6.42 Å². The van der Waals surface area contributed by atoms with Crippen LogP contribution >= 0.6 is 0 Å². The van der Waals surface area contributed by atoms with Gasteiger partial charge in [0.05, 0.1) is 12.2 Å². The maximum Gasteiger partial charge on any atom is 0.192 e. The molecule has 0 aromatic carbocycles. The second kappa shape index (κ2) is 3.31. The van der Waals surface area contributed by atoms with Crippen molar-refractivity contribution >= 4 is 8.32 Å². The first-order valence-electron chi connectivity index (χ1n) is 6.08. The van der Waals surface area contributed by atoms with Crippen molar-refractivity contribution in [3.63, 3.8) is 0 Å². The first-order valence-corrected chi connectivity index (χ1v) is 8.99. The van der Waals surface area contributed by atoms with Gasteiger partial charge >= 0.3 is 0 Å². The molecule has 2 nitrogen and oxygen atoms in total. The van der Waals surface area contributed by atoms with Crippen molar-refractivity contribution in [2.75, 3.05) is 0 Å². The summed E-state index contributed by atoms with van der Waals surface area (Å²) in [4.78, 5) is 0. The number of hydrogen-bond acceptors (Lipinski definition) is 2. The molecular formula is C12H24O2Si. The average molecular weight is 228 g/mol. The minimum absolute atomic E-state index is 0.134. The fraction of sp³-hybridized carbons (Fsp3) is 1.00. The van der Waals surface area contributed by atoms with E-state index in [1.54, 1.807) is 0 Å². The fourth-order valence-electron chi connectivity index (χ4n) is 2.35. The molecule has 0 heterocycles. The SMILES string of the molecule is CC(C)(C)[Si](C)(C)O[C@@H]1C[C@H]2C[C@H]2[C@@H]1O. The highest BCUT2D eigenvalue weighted by atomic mass is 28.4. The van der Waals surface area contributed by atoms with Gasteiger partial charge in [-0.3, -0.25) is 0 Å². The van der Waals surface area contributed by atoms with Gasteiger partial charge in [-0.15, -0.1) is 0 Å². The van der Waals surface area contributed by atoms with Gasteiger partial charge in [-0.2, -0.15) is 0 Å². The number of rotatable bonds is 2. The molecule has 0 bridgehead atoms.